The number of ether oxygens (including phenoxy) is 1. The molecule has 0 unspecified atom stereocenters. The van der Waals surface area contributed by atoms with Gasteiger partial charge in [0.15, 0.2) is 0 Å². The van der Waals surface area contributed by atoms with Gasteiger partial charge < -0.3 is 9.15 Å². The van der Waals surface area contributed by atoms with Crippen LogP contribution in [0, 0.1) is 6.92 Å². The fraction of sp³-hybridized carbons (Fsp3) is 0.158. The lowest BCUT2D eigenvalue weighted by Crippen LogP contribution is -2.17. The molecule has 1 heterocycles. The molecule has 0 saturated carbocycles. The van der Waals surface area contributed by atoms with E-state index in [-0.39, 0.29) is 22.3 Å². The van der Waals surface area contributed by atoms with Crippen LogP contribution in [0.15, 0.2) is 51.7 Å². The van der Waals surface area contributed by atoms with Gasteiger partial charge in [0.2, 0.25) is 11.2 Å². The van der Waals surface area contributed by atoms with Gasteiger partial charge in [0.05, 0.1) is 10.9 Å². The van der Waals surface area contributed by atoms with E-state index in [4.69, 9.17) is 9.15 Å². The second-order valence-corrected chi connectivity index (χ2v) is 5.71. The van der Waals surface area contributed by atoms with Gasteiger partial charge >= 0.3 is 12.1 Å². The first-order valence-corrected chi connectivity index (χ1v) is 7.61. The van der Waals surface area contributed by atoms with Gasteiger partial charge in [0.25, 0.3) is 0 Å². The summed E-state index contributed by atoms with van der Waals surface area (Å²) in [4.78, 5) is 24.0. The van der Waals surface area contributed by atoms with Crippen molar-refractivity contribution in [1.82, 2.24) is 0 Å². The van der Waals surface area contributed by atoms with E-state index < -0.39 is 28.9 Å². The predicted molar refractivity (Wildman–Crippen MR) is 89.0 cm³/mol. The van der Waals surface area contributed by atoms with Gasteiger partial charge in [-0.3, -0.25) is 9.59 Å². The third kappa shape index (κ3) is 3.20. The Morgan fingerprint density at radius 3 is 2.35 bits per heavy atom. The van der Waals surface area contributed by atoms with Crippen LogP contribution in [-0.2, 0) is 11.0 Å². The average molecular weight is 362 g/mol. The Bertz CT molecular complexity index is 1050. The van der Waals surface area contributed by atoms with E-state index in [1.165, 1.54) is 37.3 Å². The Hall–Kier alpha value is -3.09. The summed E-state index contributed by atoms with van der Waals surface area (Å²) in [7, 11) is 0. The van der Waals surface area contributed by atoms with Crippen LogP contribution in [0.3, 0.4) is 0 Å². The van der Waals surface area contributed by atoms with Gasteiger partial charge in [-0.15, -0.1) is 0 Å². The highest BCUT2D eigenvalue weighted by atomic mass is 19.4. The number of benzene rings is 2. The van der Waals surface area contributed by atoms with E-state index in [0.29, 0.717) is 5.56 Å². The van der Waals surface area contributed by atoms with E-state index in [1.54, 1.807) is 6.07 Å². The van der Waals surface area contributed by atoms with Gasteiger partial charge in [-0.05, 0) is 24.1 Å². The van der Waals surface area contributed by atoms with E-state index >= 15 is 0 Å². The van der Waals surface area contributed by atoms with Crippen LogP contribution in [0.1, 0.15) is 18.2 Å². The van der Waals surface area contributed by atoms with Crippen molar-refractivity contribution >= 4 is 16.9 Å². The number of carbonyl (C=O) groups excluding carboxylic acids is 1. The first kappa shape index (κ1) is 17.7. The summed E-state index contributed by atoms with van der Waals surface area (Å²) in [6.45, 7) is 2.70. The van der Waals surface area contributed by atoms with Crippen LogP contribution >= 0.6 is 0 Å². The Balaban J connectivity index is 2.41. The normalized spacial score (nSPS) is 11.6. The monoisotopic (exact) mass is 362 g/mol. The molecule has 0 radical (unpaired) electrons. The number of aryl methyl sites for hydroxylation is 1. The van der Waals surface area contributed by atoms with E-state index in [0.717, 1.165) is 13.0 Å². The van der Waals surface area contributed by atoms with Crippen molar-refractivity contribution in [3.8, 4) is 16.9 Å². The summed E-state index contributed by atoms with van der Waals surface area (Å²) in [6, 6.07) is 10.0. The number of esters is 1. The Kier molecular flexibility index (Phi) is 4.31. The van der Waals surface area contributed by atoms with Crippen LogP contribution in [-0.4, -0.2) is 5.97 Å². The van der Waals surface area contributed by atoms with Crippen LogP contribution in [0.5, 0.6) is 5.75 Å². The van der Waals surface area contributed by atoms with Crippen molar-refractivity contribution in [1.29, 1.82) is 0 Å². The molecule has 26 heavy (non-hydrogen) atoms. The molecular weight excluding hydrogens is 349 g/mol. The maximum atomic E-state index is 13.5. The molecule has 7 heteroatoms. The van der Waals surface area contributed by atoms with Crippen LogP contribution in [0.2, 0.25) is 0 Å². The highest BCUT2D eigenvalue weighted by Gasteiger charge is 2.39. The number of fused-ring (bicyclic) bond motifs is 1. The summed E-state index contributed by atoms with van der Waals surface area (Å²) >= 11 is 0. The third-order valence-corrected chi connectivity index (χ3v) is 3.75. The van der Waals surface area contributed by atoms with Crippen molar-refractivity contribution in [2.75, 3.05) is 0 Å². The molecule has 0 atom stereocenters. The largest absolute Gasteiger partial charge is 0.450 e. The summed E-state index contributed by atoms with van der Waals surface area (Å²) in [5, 5.41) is 0.00718. The molecule has 0 saturated heterocycles. The smallest absolute Gasteiger partial charge is 0.450 e. The highest BCUT2D eigenvalue weighted by Crippen LogP contribution is 2.38. The van der Waals surface area contributed by atoms with Crippen LogP contribution < -0.4 is 10.2 Å². The molecule has 0 fully saturated rings. The number of carbonyl (C=O) groups is 1. The molecule has 3 aromatic rings. The molecule has 134 valence electrons. The second kappa shape index (κ2) is 6.33. The Morgan fingerprint density at radius 1 is 1.12 bits per heavy atom. The Labute approximate surface area is 145 Å². The van der Waals surface area contributed by atoms with Gasteiger partial charge in [0.1, 0.15) is 11.3 Å². The fourth-order valence-corrected chi connectivity index (χ4v) is 2.77. The topological polar surface area (TPSA) is 56.5 Å². The van der Waals surface area contributed by atoms with E-state index in [1.807, 2.05) is 0 Å². The number of halogens is 3. The molecule has 0 N–H and O–H groups in total. The first-order chi connectivity index (χ1) is 12.2. The number of alkyl halides is 3. The fourth-order valence-electron chi connectivity index (χ4n) is 2.77. The zero-order chi connectivity index (χ0) is 19.1. The molecule has 1 aromatic heterocycles. The minimum atomic E-state index is -4.87. The van der Waals surface area contributed by atoms with Crippen molar-refractivity contribution < 1.29 is 27.1 Å². The molecule has 0 aliphatic rings. The van der Waals surface area contributed by atoms with Crippen LogP contribution in [0.4, 0.5) is 13.2 Å². The summed E-state index contributed by atoms with van der Waals surface area (Å²) in [6.07, 6.45) is -4.87. The maximum Gasteiger partial charge on any atom is 0.450 e. The first-order valence-electron chi connectivity index (χ1n) is 7.61. The Morgan fingerprint density at radius 2 is 1.77 bits per heavy atom. The molecule has 0 bridgehead atoms. The maximum absolute atomic E-state index is 13.5. The van der Waals surface area contributed by atoms with Crippen LogP contribution in [0.25, 0.3) is 22.1 Å². The van der Waals surface area contributed by atoms with Gasteiger partial charge in [0, 0.05) is 13.0 Å². The average Bonchev–Trinajstić information content (AvgIpc) is 2.53. The van der Waals surface area contributed by atoms with E-state index in [9.17, 15) is 22.8 Å². The SMILES string of the molecule is CC(=O)Oc1cc(C)c2c(=O)c(-c3ccccc3)c(C(F)(F)F)oc2c1. The minimum Gasteiger partial charge on any atom is -0.450 e. The molecule has 0 aliphatic heterocycles. The molecule has 2 aromatic carbocycles. The van der Waals surface area contributed by atoms with E-state index in [2.05, 4.69) is 0 Å². The summed E-state index contributed by atoms with van der Waals surface area (Å²) < 4.78 is 50.6. The summed E-state index contributed by atoms with van der Waals surface area (Å²) in [5.41, 5.74) is -1.18. The van der Waals surface area contributed by atoms with Crippen molar-refractivity contribution in [3.63, 3.8) is 0 Å². The zero-order valence-electron chi connectivity index (χ0n) is 13.8. The zero-order valence-corrected chi connectivity index (χ0v) is 13.8. The number of hydrogen-bond acceptors (Lipinski definition) is 4. The molecule has 3 rings (SSSR count). The lowest BCUT2D eigenvalue weighted by atomic mass is 10.00. The molecule has 0 aliphatic carbocycles. The quantitative estimate of drug-likeness (QED) is 0.489. The van der Waals surface area contributed by atoms with Gasteiger partial charge in [-0.25, -0.2) is 0 Å². The molecular formula is C19H13F3O4. The lowest BCUT2D eigenvalue weighted by Gasteiger charge is -2.14. The highest BCUT2D eigenvalue weighted by molar-refractivity contribution is 5.87. The van der Waals surface area contributed by atoms with Crippen molar-refractivity contribution in [2.24, 2.45) is 0 Å². The standard InChI is InChI=1S/C19H13F3O4/c1-10-8-13(25-11(2)23)9-14-15(10)17(24)16(12-6-4-3-5-7-12)18(26-14)19(20,21)22/h3-9H,1-2H3. The minimum absolute atomic E-state index is 0.00577. The summed E-state index contributed by atoms with van der Waals surface area (Å²) in [5.74, 6) is -2.02. The number of hydrogen-bond donors (Lipinski definition) is 0. The second-order valence-electron chi connectivity index (χ2n) is 5.71. The van der Waals surface area contributed by atoms with Gasteiger partial charge in [-0.1, -0.05) is 30.3 Å². The third-order valence-electron chi connectivity index (χ3n) is 3.75. The van der Waals surface area contributed by atoms with Crippen molar-refractivity contribution in [2.45, 2.75) is 20.0 Å². The van der Waals surface area contributed by atoms with Gasteiger partial charge in [-0.2, -0.15) is 13.2 Å². The predicted octanol–water partition coefficient (Wildman–Crippen LogP) is 4.71. The van der Waals surface area contributed by atoms with Crippen molar-refractivity contribution in [3.05, 3.63) is 64.0 Å². The lowest BCUT2D eigenvalue weighted by molar-refractivity contribution is -0.152. The molecule has 4 nitrogen and oxygen atoms in total. The molecule has 0 amide bonds. The number of rotatable bonds is 2. The molecule has 0 spiro atoms.